The molecule has 0 saturated carbocycles. The van der Waals surface area contributed by atoms with Gasteiger partial charge in [-0.1, -0.05) is 13.8 Å². The highest BCUT2D eigenvalue weighted by atomic mass is 16.4. The van der Waals surface area contributed by atoms with Crippen molar-refractivity contribution >= 4 is 11.9 Å². The second-order valence-corrected chi connectivity index (χ2v) is 4.47. The number of nitrogens with zero attached hydrogens (tertiary/aromatic N) is 2. The molecule has 1 heterocycles. The van der Waals surface area contributed by atoms with Crippen LogP contribution in [0.5, 0.6) is 0 Å². The van der Waals surface area contributed by atoms with E-state index in [1.807, 2.05) is 20.8 Å². The molecule has 3 N–H and O–H groups in total. The van der Waals surface area contributed by atoms with Crippen LogP contribution in [0.1, 0.15) is 42.9 Å². The Morgan fingerprint density at radius 1 is 1.47 bits per heavy atom. The van der Waals surface area contributed by atoms with E-state index >= 15 is 0 Å². The molecule has 0 aliphatic heterocycles. The molecule has 0 spiro atoms. The van der Waals surface area contributed by atoms with Gasteiger partial charge >= 0.3 is 5.97 Å². The number of nitrogens with one attached hydrogen (secondary N) is 1. The number of aromatic nitrogens is 2. The topological polar surface area (TPSA) is 104 Å². The van der Waals surface area contributed by atoms with E-state index in [2.05, 4.69) is 10.4 Å². The number of hydrogen-bond donors (Lipinski definition) is 3. The molecule has 1 aromatic rings. The standard InChI is InChI=1S/C12H19N3O4/c1-4-15-10(5-8(14-15)7(2)3)11(17)13-9(6-16)12(18)19/h5,7,9,16H,4,6H2,1-3H3,(H,13,17)(H,18,19). The quantitative estimate of drug-likeness (QED) is 0.684. The fourth-order valence-corrected chi connectivity index (χ4v) is 1.56. The van der Waals surface area contributed by atoms with Gasteiger partial charge in [0, 0.05) is 6.54 Å². The van der Waals surface area contributed by atoms with Gasteiger partial charge in [-0.2, -0.15) is 5.10 Å². The first kappa shape index (κ1) is 15.2. The van der Waals surface area contributed by atoms with Crippen molar-refractivity contribution in [1.82, 2.24) is 15.1 Å². The Morgan fingerprint density at radius 2 is 2.11 bits per heavy atom. The van der Waals surface area contributed by atoms with Crippen molar-refractivity contribution in [3.63, 3.8) is 0 Å². The molecule has 0 aliphatic rings. The number of rotatable bonds is 6. The van der Waals surface area contributed by atoms with Crippen molar-refractivity contribution < 1.29 is 19.8 Å². The van der Waals surface area contributed by atoms with Crippen LogP contribution in [-0.4, -0.2) is 44.5 Å². The first-order valence-corrected chi connectivity index (χ1v) is 6.12. The Kier molecular flexibility index (Phi) is 5.05. The lowest BCUT2D eigenvalue weighted by molar-refractivity contribution is -0.140. The first-order valence-electron chi connectivity index (χ1n) is 6.12. The van der Waals surface area contributed by atoms with Crippen molar-refractivity contribution in [2.45, 2.75) is 39.3 Å². The van der Waals surface area contributed by atoms with Crippen molar-refractivity contribution in [3.05, 3.63) is 17.5 Å². The molecule has 0 radical (unpaired) electrons. The van der Waals surface area contributed by atoms with Crippen molar-refractivity contribution in [2.24, 2.45) is 0 Å². The highest BCUT2D eigenvalue weighted by Crippen LogP contribution is 2.14. The lowest BCUT2D eigenvalue weighted by Gasteiger charge is -2.11. The fraction of sp³-hybridized carbons (Fsp3) is 0.583. The third kappa shape index (κ3) is 3.54. The van der Waals surface area contributed by atoms with Gasteiger partial charge in [-0.15, -0.1) is 0 Å². The van der Waals surface area contributed by atoms with Gasteiger partial charge in [0.25, 0.3) is 5.91 Å². The predicted octanol–water partition coefficient (Wildman–Crippen LogP) is 0.202. The van der Waals surface area contributed by atoms with Crippen molar-refractivity contribution in [1.29, 1.82) is 0 Å². The smallest absolute Gasteiger partial charge is 0.328 e. The summed E-state index contributed by atoms with van der Waals surface area (Å²) in [4.78, 5) is 22.8. The zero-order chi connectivity index (χ0) is 14.6. The minimum absolute atomic E-state index is 0.174. The Hall–Kier alpha value is -1.89. The van der Waals surface area contributed by atoms with E-state index in [0.717, 1.165) is 5.69 Å². The Labute approximate surface area is 111 Å². The number of carboxylic acid groups (broad SMARTS) is 1. The van der Waals surface area contributed by atoms with Crippen LogP contribution in [0.4, 0.5) is 0 Å². The number of carbonyl (C=O) groups excluding carboxylic acids is 1. The van der Waals surface area contributed by atoms with Crippen LogP contribution in [0.3, 0.4) is 0 Å². The Morgan fingerprint density at radius 3 is 2.53 bits per heavy atom. The minimum Gasteiger partial charge on any atom is -0.480 e. The molecule has 1 aromatic heterocycles. The monoisotopic (exact) mass is 269 g/mol. The summed E-state index contributed by atoms with van der Waals surface area (Å²) in [5.74, 6) is -1.65. The lowest BCUT2D eigenvalue weighted by Crippen LogP contribution is -2.43. The van der Waals surface area contributed by atoms with Gasteiger partial charge in [0.2, 0.25) is 0 Å². The molecule has 19 heavy (non-hydrogen) atoms. The van der Waals surface area contributed by atoms with E-state index in [4.69, 9.17) is 10.2 Å². The molecule has 1 amide bonds. The Balaban J connectivity index is 2.95. The van der Waals surface area contributed by atoms with Gasteiger partial charge in [-0.25, -0.2) is 4.79 Å². The highest BCUT2D eigenvalue weighted by Gasteiger charge is 2.22. The largest absolute Gasteiger partial charge is 0.480 e. The van der Waals surface area contributed by atoms with Crippen LogP contribution in [0, 0.1) is 0 Å². The number of carbonyl (C=O) groups is 2. The van der Waals surface area contributed by atoms with Gasteiger partial charge in [-0.3, -0.25) is 9.48 Å². The molecule has 1 rings (SSSR count). The number of hydrogen-bond acceptors (Lipinski definition) is 4. The highest BCUT2D eigenvalue weighted by molar-refractivity contribution is 5.95. The van der Waals surface area contributed by atoms with Crippen LogP contribution in [0.25, 0.3) is 0 Å². The van der Waals surface area contributed by atoms with Crippen LogP contribution in [-0.2, 0) is 11.3 Å². The summed E-state index contributed by atoms with van der Waals surface area (Å²) in [5.41, 5.74) is 1.06. The average molecular weight is 269 g/mol. The molecule has 0 fully saturated rings. The lowest BCUT2D eigenvalue weighted by atomic mass is 10.1. The van der Waals surface area contributed by atoms with E-state index in [0.29, 0.717) is 12.2 Å². The predicted molar refractivity (Wildman–Crippen MR) is 68.0 cm³/mol. The number of aliphatic hydroxyl groups is 1. The van der Waals surface area contributed by atoms with Crippen LogP contribution < -0.4 is 5.32 Å². The number of amides is 1. The third-order valence-electron chi connectivity index (χ3n) is 2.71. The molecule has 106 valence electrons. The van der Waals surface area contributed by atoms with Crippen LogP contribution >= 0.6 is 0 Å². The number of aliphatic carboxylic acids is 1. The van der Waals surface area contributed by atoms with Gasteiger partial charge < -0.3 is 15.5 Å². The van der Waals surface area contributed by atoms with E-state index in [1.165, 1.54) is 4.68 Å². The molecular weight excluding hydrogens is 250 g/mol. The van der Waals surface area contributed by atoms with E-state index in [1.54, 1.807) is 6.07 Å². The maximum Gasteiger partial charge on any atom is 0.328 e. The zero-order valence-corrected chi connectivity index (χ0v) is 11.3. The molecule has 7 heteroatoms. The second kappa shape index (κ2) is 6.33. The maximum atomic E-state index is 12.0. The summed E-state index contributed by atoms with van der Waals surface area (Å²) in [6.07, 6.45) is 0. The molecule has 7 nitrogen and oxygen atoms in total. The van der Waals surface area contributed by atoms with E-state index < -0.39 is 24.5 Å². The maximum absolute atomic E-state index is 12.0. The summed E-state index contributed by atoms with van der Waals surface area (Å²) >= 11 is 0. The molecular formula is C12H19N3O4. The normalized spacial score (nSPS) is 12.5. The molecule has 1 unspecified atom stereocenters. The second-order valence-electron chi connectivity index (χ2n) is 4.47. The zero-order valence-electron chi connectivity index (χ0n) is 11.3. The number of carboxylic acids is 1. The minimum atomic E-state index is -1.31. The van der Waals surface area contributed by atoms with E-state index in [-0.39, 0.29) is 5.92 Å². The van der Waals surface area contributed by atoms with Gasteiger partial charge in [-0.05, 0) is 18.9 Å². The molecule has 1 atom stereocenters. The van der Waals surface area contributed by atoms with Crippen LogP contribution in [0.2, 0.25) is 0 Å². The SMILES string of the molecule is CCn1nc(C(C)C)cc1C(=O)NC(CO)C(=O)O. The van der Waals surface area contributed by atoms with Crippen molar-refractivity contribution in [2.75, 3.05) is 6.61 Å². The number of aryl methyl sites for hydroxylation is 1. The Bertz CT molecular complexity index is 468. The molecule has 0 saturated heterocycles. The third-order valence-corrected chi connectivity index (χ3v) is 2.71. The van der Waals surface area contributed by atoms with Gasteiger partial charge in [0.1, 0.15) is 5.69 Å². The molecule has 0 aromatic carbocycles. The van der Waals surface area contributed by atoms with Crippen LogP contribution in [0.15, 0.2) is 6.07 Å². The summed E-state index contributed by atoms with van der Waals surface area (Å²) in [6.45, 7) is 5.61. The summed E-state index contributed by atoms with van der Waals surface area (Å²) < 4.78 is 1.51. The molecule has 0 bridgehead atoms. The van der Waals surface area contributed by atoms with E-state index in [9.17, 15) is 9.59 Å². The van der Waals surface area contributed by atoms with Gasteiger partial charge in [0.15, 0.2) is 6.04 Å². The summed E-state index contributed by atoms with van der Waals surface area (Å²) in [5, 5.41) is 24.2. The fourth-order valence-electron chi connectivity index (χ4n) is 1.56. The number of aliphatic hydroxyl groups excluding tert-OH is 1. The first-order chi connectivity index (χ1) is 8.90. The molecule has 0 aliphatic carbocycles. The summed E-state index contributed by atoms with van der Waals surface area (Å²) in [6, 6.07) is 0.329. The van der Waals surface area contributed by atoms with Gasteiger partial charge in [0.05, 0.1) is 12.3 Å². The van der Waals surface area contributed by atoms with Crippen molar-refractivity contribution in [3.8, 4) is 0 Å². The average Bonchev–Trinajstić information content (AvgIpc) is 2.79. The summed E-state index contributed by atoms with van der Waals surface area (Å²) in [7, 11) is 0.